The van der Waals surface area contributed by atoms with Crippen LogP contribution >= 0.6 is 23.2 Å². The molecule has 0 saturated carbocycles. The molecule has 37 heavy (non-hydrogen) atoms. The first-order valence-electron chi connectivity index (χ1n) is 13.0. The molecule has 4 rings (SSSR count). The maximum absolute atomic E-state index is 13.5. The van der Waals surface area contributed by atoms with E-state index in [1.165, 1.54) is 4.90 Å². The lowest BCUT2D eigenvalue weighted by atomic mass is 9.89. The topological polar surface area (TPSA) is 66.0 Å². The second-order valence-electron chi connectivity index (χ2n) is 10.3. The van der Waals surface area contributed by atoms with E-state index in [4.69, 9.17) is 27.9 Å². The van der Waals surface area contributed by atoms with Crippen LogP contribution in [0.3, 0.4) is 0 Å². The van der Waals surface area contributed by atoms with Crippen LogP contribution in [0.15, 0.2) is 36.4 Å². The van der Waals surface area contributed by atoms with E-state index in [-0.39, 0.29) is 17.0 Å². The third-order valence-electron chi connectivity index (χ3n) is 7.52. The first-order valence-corrected chi connectivity index (χ1v) is 13.8. The molecular formula is C28H36Cl2N4O3. The Morgan fingerprint density at radius 2 is 1.89 bits per heavy atom. The van der Waals surface area contributed by atoms with Crippen LogP contribution in [0.25, 0.3) is 0 Å². The van der Waals surface area contributed by atoms with Gasteiger partial charge in [-0.3, -0.25) is 9.59 Å². The molecule has 2 saturated heterocycles. The molecule has 1 aromatic heterocycles. The summed E-state index contributed by atoms with van der Waals surface area (Å²) in [4.78, 5) is 35.8. The number of hydrogen-bond acceptors (Lipinski definition) is 5. The Morgan fingerprint density at radius 3 is 2.51 bits per heavy atom. The Morgan fingerprint density at radius 1 is 1.14 bits per heavy atom. The Bertz CT molecular complexity index is 1110. The normalized spacial score (nSPS) is 20.2. The van der Waals surface area contributed by atoms with Gasteiger partial charge in [0, 0.05) is 52.4 Å². The van der Waals surface area contributed by atoms with Crippen LogP contribution in [0.1, 0.15) is 54.4 Å². The molecule has 200 valence electrons. The highest BCUT2D eigenvalue weighted by Crippen LogP contribution is 2.39. The highest BCUT2D eigenvalue weighted by atomic mass is 35.5. The zero-order chi connectivity index (χ0) is 26.6. The van der Waals surface area contributed by atoms with Gasteiger partial charge in [0.2, 0.25) is 0 Å². The highest BCUT2D eigenvalue weighted by molar-refractivity contribution is 6.32. The molecule has 0 aliphatic carbocycles. The number of aromatic nitrogens is 1. The Kier molecular flexibility index (Phi) is 8.98. The number of rotatable bonds is 8. The van der Waals surface area contributed by atoms with Crippen molar-refractivity contribution in [2.75, 3.05) is 52.3 Å². The molecule has 7 nitrogen and oxygen atoms in total. The second kappa shape index (κ2) is 12.0. The number of likely N-dealkylation sites (N-methyl/N-ethyl adjacent to an activating group) is 1. The largest absolute Gasteiger partial charge is 0.360 e. The Hall–Kier alpha value is -2.35. The monoisotopic (exact) mass is 546 g/mol. The van der Waals surface area contributed by atoms with E-state index < -0.39 is 5.60 Å². The van der Waals surface area contributed by atoms with Gasteiger partial charge in [0.05, 0.1) is 5.56 Å². The molecule has 9 heteroatoms. The van der Waals surface area contributed by atoms with Crippen molar-refractivity contribution in [1.29, 1.82) is 0 Å². The van der Waals surface area contributed by atoms with Crippen LogP contribution in [0.5, 0.6) is 0 Å². The van der Waals surface area contributed by atoms with Gasteiger partial charge in [-0.2, -0.15) is 0 Å². The van der Waals surface area contributed by atoms with Crippen molar-refractivity contribution in [1.82, 2.24) is 14.8 Å². The molecule has 1 atom stereocenters. The van der Waals surface area contributed by atoms with Crippen molar-refractivity contribution >= 4 is 40.8 Å². The lowest BCUT2D eigenvalue weighted by molar-refractivity contribution is -0.153. The van der Waals surface area contributed by atoms with Gasteiger partial charge >= 0.3 is 0 Å². The molecule has 0 bridgehead atoms. The summed E-state index contributed by atoms with van der Waals surface area (Å²) < 4.78 is 6.06. The van der Waals surface area contributed by atoms with Crippen LogP contribution in [0.2, 0.25) is 10.2 Å². The Labute approximate surface area is 229 Å². The zero-order valence-corrected chi connectivity index (χ0v) is 23.4. The zero-order valence-electron chi connectivity index (χ0n) is 21.9. The minimum Gasteiger partial charge on any atom is -0.360 e. The molecule has 2 amide bonds. The summed E-state index contributed by atoms with van der Waals surface area (Å²) in [5, 5.41) is 0.859. The number of carbonyl (C=O) groups is 2. The fourth-order valence-corrected chi connectivity index (χ4v) is 5.80. The van der Waals surface area contributed by atoms with Gasteiger partial charge in [0.25, 0.3) is 11.8 Å². The fraction of sp³-hybridized carbons (Fsp3) is 0.536. The number of pyridine rings is 1. The predicted octanol–water partition coefficient (Wildman–Crippen LogP) is 5.25. The molecule has 3 heterocycles. The summed E-state index contributed by atoms with van der Waals surface area (Å²) >= 11 is 12.5. The van der Waals surface area contributed by atoms with Gasteiger partial charge in [-0.05, 0) is 74.3 Å². The van der Waals surface area contributed by atoms with Gasteiger partial charge in [-0.1, -0.05) is 35.3 Å². The third-order valence-corrected chi connectivity index (χ3v) is 8.04. The quantitative estimate of drug-likeness (QED) is 0.423. The summed E-state index contributed by atoms with van der Waals surface area (Å²) in [5.41, 5.74) is 0.338. The van der Waals surface area contributed by atoms with Crippen LogP contribution in [-0.4, -0.2) is 74.0 Å². The van der Waals surface area contributed by atoms with Gasteiger partial charge in [0.1, 0.15) is 11.0 Å². The number of piperidine rings is 1. The van der Waals surface area contributed by atoms with Gasteiger partial charge in [0.15, 0.2) is 5.60 Å². The molecule has 0 spiro atoms. The number of hydrogen-bond donors (Lipinski definition) is 0. The SMILES string of the molecule is CN(C)C(=O)c1ccc(N2CCC(CCCN(C)C(=O)[C@@]3(c4cccc(Cl)c4)CCCO3)CC2)nc1Cl. The van der Waals surface area contributed by atoms with Crippen molar-refractivity contribution < 1.29 is 14.3 Å². The maximum Gasteiger partial charge on any atom is 0.259 e. The van der Waals surface area contributed by atoms with Gasteiger partial charge in [-0.25, -0.2) is 4.98 Å². The van der Waals surface area contributed by atoms with E-state index >= 15 is 0 Å². The van der Waals surface area contributed by atoms with E-state index in [9.17, 15) is 9.59 Å². The first-order chi connectivity index (χ1) is 17.7. The van der Waals surface area contributed by atoms with Crippen molar-refractivity contribution in [2.45, 2.75) is 44.1 Å². The predicted molar refractivity (Wildman–Crippen MR) is 147 cm³/mol. The minimum absolute atomic E-state index is 0.0150. The van der Waals surface area contributed by atoms with Gasteiger partial charge < -0.3 is 19.4 Å². The van der Waals surface area contributed by atoms with Crippen LogP contribution in [-0.2, 0) is 15.1 Å². The highest BCUT2D eigenvalue weighted by Gasteiger charge is 2.46. The Balaban J connectivity index is 1.27. The fourth-order valence-electron chi connectivity index (χ4n) is 5.38. The number of ether oxygens (including phenoxy) is 1. The first kappa shape index (κ1) is 27.7. The molecule has 1 aromatic carbocycles. The number of carbonyl (C=O) groups excluding carboxylic acids is 2. The van der Waals surface area contributed by atoms with Crippen LogP contribution in [0, 0.1) is 5.92 Å². The van der Waals surface area contributed by atoms with Crippen molar-refractivity contribution in [3.63, 3.8) is 0 Å². The second-order valence-corrected chi connectivity index (χ2v) is 11.1. The summed E-state index contributed by atoms with van der Waals surface area (Å²) in [6.07, 6.45) is 5.68. The molecule has 2 aliphatic heterocycles. The molecule has 2 aromatic rings. The molecule has 2 fully saturated rings. The van der Waals surface area contributed by atoms with E-state index in [0.717, 1.165) is 56.6 Å². The summed E-state index contributed by atoms with van der Waals surface area (Å²) in [5.74, 6) is 1.28. The number of nitrogens with zero attached hydrogens (tertiary/aromatic N) is 4. The lowest BCUT2D eigenvalue weighted by Gasteiger charge is -2.34. The van der Waals surface area contributed by atoms with Crippen molar-refractivity contribution in [3.8, 4) is 0 Å². The molecule has 0 radical (unpaired) electrons. The number of halogens is 2. The summed E-state index contributed by atoms with van der Waals surface area (Å²) in [6.45, 7) is 3.08. The summed E-state index contributed by atoms with van der Waals surface area (Å²) in [6, 6.07) is 11.1. The minimum atomic E-state index is -0.925. The van der Waals surface area contributed by atoms with E-state index in [0.29, 0.717) is 36.1 Å². The maximum atomic E-state index is 13.5. The molecule has 2 aliphatic rings. The molecule has 0 unspecified atom stereocenters. The smallest absolute Gasteiger partial charge is 0.259 e. The average molecular weight is 548 g/mol. The van der Waals surface area contributed by atoms with E-state index in [1.807, 2.05) is 42.3 Å². The summed E-state index contributed by atoms with van der Waals surface area (Å²) in [7, 11) is 5.27. The number of benzene rings is 1. The van der Waals surface area contributed by atoms with Crippen LogP contribution < -0.4 is 4.90 Å². The lowest BCUT2D eigenvalue weighted by Crippen LogP contribution is -2.45. The van der Waals surface area contributed by atoms with Crippen molar-refractivity contribution in [2.24, 2.45) is 5.92 Å². The molecular weight excluding hydrogens is 511 g/mol. The van der Waals surface area contributed by atoms with E-state index in [2.05, 4.69) is 9.88 Å². The number of amides is 2. The average Bonchev–Trinajstić information content (AvgIpc) is 3.39. The van der Waals surface area contributed by atoms with E-state index in [1.54, 1.807) is 20.2 Å². The number of anilines is 1. The van der Waals surface area contributed by atoms with Crippen LogP contribution in [0.4, 0.5) is 5.82 Å². The van der Waals surface area contributed by atoms with Crippen molar-refractivity contribution in [3.05, 3.63) is 57.7 Å². The van der Waals surface area contributed by atoms with Gasteiger partial charge in [-0.15, -0.1) is 0 Å². The standard InChI is InChI=1S/C28H36Cl2N4O3/c1-32(2)26(35)23-10-11-24(31-25(23)30)34-16-12-20(13-17-34)7-5-15-33(3)27(36)28(14-6-18-37-28)21-8-4-9-22(29)19-21/h4,8-11,19-20H,5-7,12-18H2,1-3H3/t28-/m0/s1. The third kappa shape index (κ3) is 6.21. The molecule has 0 N–H and O–H groups in total.